The Morgan fingerprint density at radius 3 is 2.14 bits per heavy atom. The lowest BCUT2D eigenvalue weighted by molar-refractivity contribution is -0.119. The number of rotatable bonds is 3. The van der Waals surface area contributed by atoms with Crippen LogP contribution in [0.5, 0.6) is 0 Å². The number of hydrogen-bond donors (Lipinski definition) is 1. The van der Waals surface area contributed by atoms with Crippen LogP contribution < -0.4 is 5.73 Å². The largest absolute Gasteiger partial charge is 0.369 e. The molecule has 0 spiro atoms. The van der Waals surface area contributed by atoms with Crippen molar-refractivity contribution in [3.63, 3.8) is 0 Å². The first-order chi connectivity index (χ1) is 10.7. The highest BCUT2D eigenvalue weighted by atomic mass is 16.1. The average Bonchev–Trinajstić information content (AvgIpc) is 2.54. The summed E-state index contributed by atoms with van der Waals surface area (Å²) in [4.78, 5) is 11.8. The Balaban J connectivity index is 2.19. The second-order valence-corrected chi connectivity index (χ2v) is 5.87. The van der Waals surface area contributed by atoms with Gasteiger partial charge in [0.1, 0.15) is 0 Å². The second kappa shape index (κ2) is 4.70. The molecule has 0 heterocycles. The minimum absolute atomic E-state index is 0.232. The Labute approximate surface area is 128 Å². The molecule has 4 aromatic rings. The monoisotopic (exact) mass is 287 g/mol. The molecule has 108 valence electrons. The Morgan fingerprint density at radius 1 is 0.909 bits per heavy atom. The maximum atomic E-state index is 11.8. The van der Waals surface area contributed by atoms with Crippen LogP contribution in [0.2, 0.25) is 0 Å². The van der Waals surface area contributed by atoms with Crippen molar-refractivity contribution in [1.82, 2.24) is 0 Å². The molecule has 0 bridgehead atoms. The molecule has 4 rings (SSSR count). The van der Waals surface area contributed by atoms with E-state index < -0.39 is 0 Å². The molecule has 2 N–H and O–H groups in total. The third-order valence-corrected chi connectivity index (χ3v) is 4.69. The van der Waals surface area contributed by atoms with Gasteiger partial charge in [0.05, 0.1) is 5.92 Å². The van der Waals surface area contributed by atoms with Gasteiger partial charge < -0.3 is 5.73 Å². The van der Waals surface area contributed by atoms with Crippen molar-refractivity contribution in [2.24, 2.45) is 5.73 Å². The molecule has 1 amide bonds. The van der Waals surface area contributed by atoms with E-state index in [1.54, 1.807) is 0 Å². The average molecular weight is 287 g/mol. The molecule has 4 aromatic carbocycles. The molecular formula is C20H17NO. The zero-order valence-corrected chi connectivity index (χ0v) is 12.5. The summed E-state index contributed by atoms with van der Waals surface area (Å²) in [5.74, 6) is -0.484. The van der Waals surface area contributed by atoms with Crippen molar-refractivity contribution in [2.45, 2.75) is 19.3 Å². The first kappa shape index (κ1) is 13.1. The smallest absolute Gasteiger partial charge is 0.224 e. The standard InChI is InChI=1S/C20H17NO/c1-2-15(20(21)22)16-10-8-14-7-6-12-4-3-5-13-9-11-17(16)19(14)18(12)13/h3-11,15H,2H2,1H3,(H2,21,22). The van der Waals surface area contributed by atoms with E-state index in [-0.39, 0.29) is 11.8 Å². The van der Waals surface area contributed by atoms with Crippen LogP contribution in [-0.4, -0.2) is 5.91 Å². The quantitative estimate of drug-likeness (QED) is 0.551. The Morgan fingerprint density at radius 2 is 1.50 bits per heavy atom. The summed E-state index contributed by atoms with van der Waals surface area (Å²) in [5, 5.41) is 7.35. The van der Waals surface area contributed by atoms with E-state index in [9.17, 15) is 4.79 Å². The molecule has 0 fully saturated rings. The van der Waals surface area contributed by atoms with Gasteiger partial charge in [0.25, 0.3) is 0 Å². The summed E-state index contributed by atoms with van der Waals surface area (Å²) in [6.07, 6.45) is 0.722. The van der Waals surface area contributed by atoms with Crippen LogP contribution >= 0.6 is 0 Å². The normalized spacial score (nSPS) is 13.1. The molecular weight excluding hydrogens is 270 g/mol. The van der Waals surface area contributed by atoms with E-state index in [1.807, 2.05) is 6.92 Å². The second-order valence-electron chi connectivity index (χ2n) is 5.87. The van der Waals surface area contributed by atoms with Crippen LogP contribution in [0.25, 0.3) is 32.3 Å². The third-order valence-electron chi connectivity index (χ3n) is 4.69. The molecule has 22 heavy (non-hydrogen) atoms. The molecule has 0 radical (unpaired) electrons. The predicted octanol–water partition coefficient (Wildman–Crippen LogP) is 4.56. The van der Waals surface area contributed by atoms with Gasteiger partial charge in [-0.2, -0.15) is 0 Å². The van der Waals surface area contributed by atoms with Crippen molar-refractivity contribution in [1.29, 1.82) is 0 Å². The molecule has 0 aliphatic rings. The summed E-state index contributed by atoms with van der Waals surface area (Å²) in [7, 11) is 0. The lowest BCUT2D eigenvalue weighted by Crippen LogP contribution is -2.21. The fraction of sp³-hybridized carbons (Fsp3) is 0.150. The summed E-state index contributed by atoms with van der Waals surface area (Å²) in [5.41, 5.74) is 6.65. The van der Waals surface area contributed by atoms with Gasteiger partial charge in [0.15, 0.2) is 0 Å². The highest BCUT2D eigenvalue weighted by molar-refractivity contribution is 6.23. The number of carbonyl (C=O) groups excluding carboxylic acids is 1. The van der Waals surface area contributed by atoms with Crippen LogP contribution in [0.3, 0.4) is 0 Å². The SMILES string of the molecule is CCC(C(N)=O)c1ccc2ccc3cccc4ccc1c2c34. The van der Waals surface area contributed by atoms with E-state index >= 15 is 0 Å². The van der Waals surface area contributed by atoms with Crippen molar-refractivity contribution in [2.75, 3.05) is 0 Å². The van der Waals surface area contributed by atoms with Gasteiger partial charge in [-0.15, -0.1) is 0 Å². The summed E-state index contributed by atoms with van der Waals surface area (Å²) in [6, 6.07) is 19.1. The molecule has 0 saturated heterocycles. The van der Waals surface area contributed by atoms with E-state index in [1.165, 1.54) is 26.9 Å². The van der Waals surface area contributed by atoms with E-state index in [2.05, 4.69) is 54.6 Å². The van der Waals surface area contributed by atoms with Crippen molar-refractivity contribution >= 4 is 38.2 Å². The number of amides is 1. The number of carbonyl (C=O) groups is 1. The lowest BCUT2D eigenvalue weighted by Gasteiger charge is -2.17. The van der Waals surface area contributed by atoms with Crippen LogP contribution in [0.1, 0.15) is 24.8 Å². The fourth-order valence-corrected chi connectivity index (χ4v) is 3.64. The number of primary amides is 1. The predicted molar refractivity (Wildman–Crippen MR) is 92.4 cm³/mol. The number of benzene rings is 4. The lowest BCUT2D eigenvalue weighted by atomic mass is 9.86. The Bertz CT molecular complexity index is 987. The molecule has 1 atom stereocenters. The highest BCUT2D eigenvalue weighted by Crippen LogP contribution is 2.38. The third kappa shape index (κ3) is 1.70. The molecule has 0 saturated carbocycles. The molecule has 2 heteroatoms. The van der Waals surface area contributed by atoms with Crippen LogP contribution in [0, 0.1) is 0 Å². The summed E-state index contributed by atoms with van der Waals surface area (Å²) >= 11 is 0. The van der Waals surface area contributed by atoms with E-state index in [0.29, 0.717) is 0 Å². The minimum atomic E-state index is -0.252. The van der Waals surface area contributed by atoms with Gasteiger partial charge in [-0.05, 0) is 44.3 Å². The Hall–Kier alpha value is -2.61. The topological polar surface area (TPSA) is 43.1 Å². The minimum Gasteiger partial charge on any atom is -0.369 e. The maximum absolute atomic E-state index is 11.8. The molecule has 1 unspecified atom stereocenters. The van der Waals surface area contributed by atoms with Gasteiger partial charge in [-0.3, -0.25) is 4.79 Å². The maximum Gasteiger partial charge on any atom is 0.224 e. The fourth-order valence-electron chi connectivity index (χ4n) is 3.64. The van der Waals surface area contributed by atoms with Crippen molar-refractivity contribution in [3.05, 3.63) is 60.2 Å². The molecule has 0 aromatic heterocycles. The highest BCUT2D eigenvalue weighted by Gasteiger charge is 2.19. The summed E-state index contributed by atoms with van der Waals surface area (Å²) in [6.45, 7) is 2.01. The summed E-state index contributed by atoms with van der Waals surface area (Å²) < 4.78 is 0. The zero-order valence-electron chi connectivity index (χ0n) is 12.5. The van der Waals surface area contributed by atoms with Crippen LogP contribution in [0.15, 0.2) is 54.6 Å². The number of hydrogen-bond acceptors (Lipinski definition) is 1. The van der Waals surface area contributed by atoms with Gasteiger partial charge in [0, 0.05) is 0 Å². The van der Waals surface area contributed by atoms with Crippen LogP contribution in [0.4, 0.5) is 0 Å². The van der Waals surface area contributed by atoms with Gasteiger partial charge >= 0.3 is 0 Å². The van der Waals surface area contributed by atoms with E-state index in [4.69, 9.17) is 5.73 Å². The van der Waals surface area contributed by atoms with Crippen molar-refractivity contribution < 1.29 is 4.79 Å². The molecule has 0 aliphatic carbocycles. The van der Waals surface area contributed by atoms with E-state index in [0.717, 1.165) is 17.4 Å². The van der Waals surface area contributed by atoms with Crippen molar-refractivity contribution in [3.8, 4) is 0 Å². The Kier molecular flexibility index (Phi) is 2.80. The van der Waals surface area contributed by atoms with Gasteiger partial charge in [0.2, 0.25) is 5.91 Å². The molecule has 0 aliphatic heterocycles. The zero-order chi connectivity index (χ0) is 15.3. The number of nitrogens with two attached hydrogens (primary N) is 1. The first-order valence-corrected chi connectivity index (χ1v) is 7.66. The van der Waals surface area contributed by atoms with Gasteiger partial charge in [-0.25, -0.2) is 0 Å². The molecule has 2 nitrogen and oxygen atoms in total. The van der Waals surface area contributed by atoms with Gasteiger partial charge in [-0.1, -0.05) is 61.5 Å². The first-order valence-electron chi connectivity index (χ1n) is 7.66. The van der Waals surface area contributed by atoms with Crippen LogP contribution in [-0.2, 0) is 4.79 Å².